The maximum atomic E-state index is 11.7. The maximum absolute atomic E-state index is 11.7. The molecule has 0 bridgehead atoms. The Morgan fingerprint density at radius 3 is 2.48 bits per heavy atom. The van der Waals surface area contributed by atoms with E-state index in [4.69, 9.17) is 4.74 Å². The zero-order valence-electron chi connectivity index (χ0n) is 14.0. The molecule has 25 heavy (non-hydrogen) atoms. The summed E-state index contributed by atoms with van der Waals surface area (Å²) in [5, 5.41) is 3.93. The molecule has 6 heteroatoms. The highest BCUT2D eigenvalue weighted by molar-refractivity contribution is 5.82. The molecule has 1 amide bonds. The normalized spacial score (nSPS) is 10.4. The van der Waals surface area contributed by atoms with Crippen molar-refractivity contribution in [1.82, 2.24) is 5.43 Å². The summed E-state index contributed by atoms with van der Waals surface area (Å²) in [7, 11) is 1.30. The molecule has 0 spiro atoms. The van der Waals surface area contributed by atoms with Crippen molar-refractivity contribution in [1.29, 1.82) is 0 Å². The van der Waals surface area contributed by atoms with E-state index < -0.39 is 5.97 Å². The number of amides is 1. The summed E-state index contributed by atoms with van der Waals surface area (Å²) in [5.74, 6) is -0.0311. The Hall–Kier alpha value is -3.15. The van der Waals surface area contributed by atoms with Gasteiger partial charge in [-0.25, -0.2) is 10.2 Å². The molecule has 0 aliphatic carbocycles. The molecule has 0 heterocycles. The van der Waals surface area contributed by atoms with Crippen LogP contribution in [0.1, 0.15) is 17.5 Å². The number of aryl methyl sites for hydroxylation is 1. The number of hydrogen-bond donors (Lipinski definition) is 1. The SMILES string of the molecule is COC(=O)COc1ccc(C=NNC(=O)CCc2ccccc2)cc1. The largest absolute Gasteiger partial charge is 0.482 e. The Kier molecular flexibility index (Phi) is 7.18. The highest BCUT2D eigenvalue weighted by Gasteiger charge is 2.02. The first-order chi connectivity index (χ1) is 12.2. The molecule has 0 aliphatic heterocycles. The molecule has 0 aromatic heterocycles. The summed E-state index contributed by atoms with van der Waals surface area (Å²) < 4.78 is 9.74. The number of hydrazone groups is 1. The van der Waals surface area contributed by atoms with Gasteiger partial charge in [-0.1, -0.05) is 30.3 Å². The number of rotatable bonds is 8. The van der Waals surface area contributed by atoms with Crippen molar-refractivity contribution in [2.75, 3.05) is 13.7 Å². The van der Waals surface area contributed by atoms with Crippen molar-refractivity contribution in [2.24, 2.45) is 5.10 Å². The van der Waals surface area contributed by atoms with Crippen LogP contribution < -0.4 is 10.2 Å². The van der Waals surface area contributed by atoms with Gasteiger partial charge in [-0.2, -0.15) is 5.10 Å². The fraction of sp³-hybridized carbons (Fsp3) is 0.211. The van der Waals surface area contributed by atoms with Gasteiger partial charge in [0, 0.05) is 6.42 Å². The van der Waals surface area contributed by atoms with Crippen LogP contribution in [0, 0.1) is 0 Å². The van der Waals surface area contributed by atoms with E-state index in [1.807, 2.05) is 30.3 Å². The molecule has 0 radical (unpaired) electrons. The van der Waals surface area contributed by atoms with Crippen LogP contribution in [0.15, 0.2) is 59.7 Å². The topological polar surface area (TPSA) is 77.0 Å². The lowest BCUT2D eigenvalue weighted by Gasteiger charge is -2.04. The average Bonchev–Trinajstić information content (AvgIpc) is 2.66. The Balaban J connectivity index is 1.73. The summed E-state index contributed by atoms with van der Waals surface area (Å²) in [5.41, 5.74) is 4.42. The first kappa shape index (κ1) is 18.2. The summed E-state index contributed by atoms with van der Waals surface area (Å²) in [6, 6.07) is 16.8. The zero-order chi connectivity index (χ0) is 17.9. The number of nitrogens with one attached hydrogen (secondary N) is 1. The van der Waals surface area contributed by atoms with Crippen LogP contribution >= 0.6 is 0 Å². The number of carbonyl (C=O) groups excluding carboxylic acids is 2. The van der Waals surface area contributed by atoms with Gasteiger partial charge >= 0.3 is 5.97 Å². The van der Waals surface area contributed by atoms with E-state index in [9.17, 15) is 9.59 Å². The highest BCUT2D eigenvalue weighted by atomic mass is 16.6. The summed E-state index contributed by atoms with van der Waals surface area (Å²) in [6.07, 6.45) is 2.60. The van der Waals surface area contributed by atoms with Gasteiger partial charge in [-0.05, 0) is 41.8 Å². The molecule has 2 aromatic carbocycles. The van der Waals surface area contributed by atoms with Gasteiger partial charge in [0.2, 0.25) is 5.91 Å². The molecule has 2 aromatic rings. The van der Waals surface area contributed by atoms with Crippen LogP contribution in [-0.4, -0.2) is 31.8 Å². The predicted molar refractivity (Wildman–Crippen MR) is 94.5 cm³/mol. The fourth-order valence-corrected chi connectivity index (χ4v) is 1.99. The third-order valence-electron chi connectivity index (χ3n) is 3.35. The molecule has 1 N–H and O–H groups in total. The van der Waals surface area contributed by atoms with Gasteiger partial charge in [0.15, 0.2) is 6.61 Å². The van der Waals surface area contributed by atoms with Crippen LogP contribution in [-0.2, 0) is 20.7 Å². The minimum atomic E-state index is -0.441. The molecular weight excluding hydrogens is 320 g/mol. The predicted octanol–water partition coefficient (Wildman–Crippen LogP) is 2.32. The molecule has 0 saturated heterocycles. The van der Waals surface area contributed by atoms with E-state index in [1.165, 1.54) is 7.11 Å². The number of benzene rings is 2. The Bertz CT molecular complexity index is 712. The molecule has 0 unspecified atom stereocenters. The van der Waals surface area contributed by atoms with Crippen molar-refractivity contribution < 1.29 is 19.1 Å². The molecule has 0 fully saturated rings. The lowest BCUT2D eigenvalue weighted by molar-refractivity contribution is -0.142. The van der Waals surface area contributed by atoms with Crippen LogP contribution in [0.2, 0.25) is 0 Å². The Morgan fingerprint density at radius 1 is 1.08 bits per heavy atom. The molecule has 0 aliphatic rings. The summed E-state index contributed by atoms with van der Waals surface area (Å²) in [4.78, 5) is 22.7. The van der Waals surface area contributed by atoms with Gasteiger partial charge < -0.3 is 9.47 Å². The van der Waals surface area contributed by atoms with Crippen molar-refractivity contribution in [3.05, 3.63) is 65.7 Å². The second-order valence-corrected chi connectivity index (χ2v) is 5.21. The van der Waals surface area contributed by atoms with Crippen molar-refractivity contribution >= 4 is 18.1 Å². The van der Waals surface area contributed by atoms with Crippen LogP contribution in [0.3, 0.4) is 0 Å². The summed E-state index contributed by atoms with van der Waals surface area (Å²) >= 11 is 0. The van der Waals surface area contributed by atoms with E-state index in [1.54, 1.807) is 30.5 Å². The van der Waals surface area contributed by atoms with Crippen molar-refractivity contribution in [3.63, 3.8) is 0 Å². The highest BCUT2D eigenvalue weighted by Crippen LogP contribution is 2.11. The lowest BCUT2D eigenvalue weighted by atomic mass is 10.1. The number of esters is 1. The third-order valence-corrected chi connectivity index (χ3v) is 3.35. The average molecular weight is 340 g/mol. The quantitative estimate of drug-likeness (QED) is 0.454. The van der Waals surface area contributed by atoms with E-state index >= 15 is 0 Å². The molecular formula is C19H20N2O4. The number of hydrogen-bond acceptors (Lipinski definition) is 5. The second-order valence-electron chi connectivity index (χ2n) is 5.21. The fourth-order valence-electron chi connectivity index (χ4n) is 1.99. The number of methoxy groups -OCH3 is 1. The number of carbonyl (C=O) groups is 2. The van der Waals surface area contributed by atoms with Crippen molar-refractivity contribution in [3.8, 4) is 5.75 Å². The third kappa shape index (κ3) is 6.87. The van der Waals surface area contributed by atoms with Gasteiger partial charge in [-0.15, -0.1) is 0 Å². The molecule has 0 saturated carbocycles. The number of nitrogens with zero attached hydrogens (tertiary/aromatic N) is 1. The minimum absolute atomic E-state index is 0.137. The van der Waals surface area contributed by atoms with Gasteiger partial charge in [0.1, 0.15) is 5.75 Å². The van der Waals surface area contributed by atoms with Crippen molar-refractivity contribution in [2.45, 2.75) is 12.8 Å². The first-order valence-corrected chi connectivity index (χ1v) is 7.83. The van der Waals surface area contributed by atoms with Gasteiger partial charge in [-0.3, -0.25) is 4.79 Å². The molecule has 6 nitrogen and oxygen atoms in total. The molecule has 0 atom stereocenters. The number of ether oxygens (including phenoxy) is 2. The standard InChI is InChI=1S/C19H20N2O4/c1-24-19(23)14-25-17-10-7-16(8-11-17)13-20-21-18(22)12-9-15-5-3-2-4-6-15/h2-8,10-11,13H,9,12,14H2,1H3,(H,21,22). The van der Waals surface area contributed by atoms with Crippen LogP contribution in [0.5, 0.6) is 5.75 Å². The van der Waals surface area contributed by atoms with E-state index in [-0.39, 0.29) is 12.5 Å². The maximum Gasteiger partial charge on any atom is 0.343 e. The van der Waals surface area contributed by atoms with Gasteiger partial charge in [0.05, 0.1) is 13.3 Å². The van der Waals surface area contributed by atoms with Crippen LogP contribution in [0.25, 0.3) is 0 Å². The zero-order valence-corrected chi connectivity index (χ0v) is 14.0. The van der Waals surface area contributed by atoms with E-state index in [0.29, 0.717) is 18.6 Å². The monoisotopic (exact) mass is 340 g/mol. The first-order valence-electron chi connectivity index (χ1n) is 7.83. The Morgan fingerprint density at radius 2 is 1.80 bits per heavy atom. The smallest absolute Gasteiger partial charge is 0.343 e. The molecule has 130 valence electrons. The summed E-state index contributed by atoms with van der Waals surface area (Å²) in [6.45, 7) is -0.137. The van der Waals surface area contributed by atoms with Gasteiger partial charge in [0.25, 0.3) is 0 Å². The lowest BCUT2D eigenvalue weighted by Crippen LogP contribution is -2.17. The molecule has 2 rings (SSSR count). The minimum Gasteiger partial charge on any atom is -0.482 e. The second kappa shape index (κ2) is 9.87. The Labute approximate surface area is 146 Å². The van der Waals surface area contributed by atoms with E-state index in [2.05, 4.69) is 15.3 Å². The van der Waals surface area contributed by atoms with E-state index in [0.717, 1.165) is 11.1 Å². The van der Waals surface area contributed by atoms with Crippen LogP contribution in [0.4, 0.5) is 0 Å².